The summed E-state index contributed by atoms with van der Waals surface area (Å²) in [6.45, 7) is 17.5. The number of oxime groups is 2. The second-order valence-electron chi connectivity index (χ2n) is 10.1. The summed E-state index contributed by atoms with van der Waals surface area (Å²) in [5, 5.41) is 34.6. The van der Waals surface area contributed by atoms with E-state index >= 15 is 0 Å². The number of amides is 2. The monoisotopic (exact) mass is 492 g/mol. The number of rotatable bonds is 16. The highest BCUT2D eigenvalue weighted by molar-refractivity contribution is 5.93. The summed E-state index contributed by atoms with van der Waals surface area (Å²) < 4.78 is 0. The third kappa shape index (κ3) is 10.2. The normalized spacial score (nSPS) is 15.5. The van der Waals surface area contributed by atoms with Crippen LogP contribution in [-0.4, -0.2) is 75.8 Å². The molecule has 0 fully saturated rings. The Morgan fingerprint density at radius 3 is 1.89 bits per heavy atom. The van der Waals surface area contributed by atoms with Crippen LogP contribution in [-0.2, 0) is 9.59 Å². The van der Waals surface area contributed by atoms with Crippen molar-refractivity contribution in [2.24, 2.45) is 16.2 Å². The van der Waals surface area contributed by atoms with Crippen LogP contribution < -0.4 is 16.0 Å². The SMILES string of the molecule is C=C1C=CC(=O)N1CCC(=O)NCCC(CCNC(C)(C)/C(C)=N\O)CCNC(C)(C)/C(C)=N\O. The van der Waals surface area contributed by atoms with Gasteiger partial charge < -0.3 is 31.3 Å². The molecule has 0 radical (unpaired) electrons. The van der Waals surface area contributed by atoms with E-state index in [1.54, 1.807) is 19.9 Å². The first kappa shape index (κ1) is 30.3. The molecule has 0 atom stereocenters. The summed E-state index contributed by atoms with van der Waals surface area (Å²) in [6.07, 6.45) is 5.88. The molecule has 198 valence electrons. The number of allylic oxidation sites excluding steroid dienone is 1. The highest BCUT2D eigenvalue weighted by Crippen LogP contribution is 2.16. The summed E-state index contributed by atoms with van der Waals surface area (Å²) in [6, 6.07) is 0. The molecule has 5 N–H and O–H groups in total. The van der Waals surface area contributed by atoms with E-state index in [1.165, 1.54) is 11.0 Å². The van der Waals surface area contributed by atoms with E-state index in [1.807, 2.05) is 27.7 Å². The van der Waals surface area contributed by atoms with E-state index in [0.29, 0.717) is 36.1 Å². The van der Waals surface area contributed by atoms with Crippen molar-refractivity contribution < 1.29 is 20.0 Å². The number of carbonyl (C=O) groups is 2. The van der Waals surface area contributed by atoms with Crippen molar-refractivity contribution in [1.82, 2.24) is 20.9 Å². The highest BCUT2D eigenvalue weighted by Gasteiger charge is 2.24. The van der Waals surface area contributed by atoms with Crippen molar-refractivity contribution >= 4 is 23.2 Å². The van der Waals surface area contributed by atoms with Crippen LogP contribution >= 0.6 is 0 Å². The van der Waals surface area contributed by atoms with Crippen LogP contribution in [0.5, 0.6) is 0 Å². The average molecular weight is 493 g/mol. The van der Waals surface area contributed by atoms with E-state index < -0.39 is 11.1 Å². The van der Waals surface area contributed by atoms with Crippen LogP contribution in [0.3, 0.4) is 0 Å². The first-order valence-corrected chi connectivity index (χ1v) is 12.2. The van der Waals surface area contributed by atoms with Crippen LogP contribution in [0.4, 0.5) is 0 Å². The molecule has 1 rings (SSSR count). The van der Waals surface area contributed by atoms with Gasteiger partial charge in [-0.2, -0.15) is 0 Å². The fourth-order valence-corrected chi connectivity index (χ4v) is 3.58. The van der Waals surface area contributed by atoms with E-state index in [2.05, 4.69) is 32.8 Å². The maximum absolute atomic E-state index is 12.3. The van der Waals surface area contributed by atoms with Gasteiger partial charge in [0, 0.05) is 31.3 Å². The Morgan fingerprint density at radius 2 is 1.46 bits per heavy atom. The molecule has 0 aromatic rings. The third-order valence-corrected chi connectivity index (χ3v) is 6.82. The Kier molecular flexibility index (Phi) is 12.1. The second kappa shape index (κ2) is 14.0. The van der Waals surface area contributed by atoms with Gasteiger partial charge in [0.1, 0.15) is 0 Å². The summed E-state index contributed by atoms with van der Waals surface area (Å²) in [7, 11) is 0. The minimum absolute atomic E-state index is 0.0978. The molecule has 0 saturated heterocycles. The minimum atomic E-state index is -0.422. The van der Waals surface area contributed by atoms with Gasteiger partial charge >= 0.3 is 0 Å². The van der Waals surface area contributed by atoms with E-state index in [4.69, 9.17) is 10.4 Å². The standard InChI is InChI=1S/C25H44N6O4/c1-18-8-9-23(33)31(18)17-13-22(32)26-14-10-21(11-15-27-24(4,5)19(2)29-34)12-16-28-25(6,7)20(3)30-35/h8-9,21,27-28,34-35H,1,10-17H2,2-7H3,(H,26,32)/b29-19-,30-20-. The zero-order valence-electron chi connectivity index (χ0n) is 22.1. The summed E-state index contributed by atoms with van der Waals surface area (Å²) in [5.74, 6) is 0.0831. The van der Waals surface area contributed by atoms with Crippen molar-refractivity contribution in [3.05, 3.63) is 24.4 Å². The van der Waals surface area contributed by atoms with E-state index in [-0.39, 0.29) is 18.2 Å². The van der Waals surface area contributed by atoms with Crippen LogP contribution in [0.1, 0.15) is 67.2 Å². The molecule has 0 saturated carbocycles. The van der Waals surface area contributed by atoms with Crippen molar-refractivity contribution in [2.75, 3.05) is 26.2 Å². The minimum Gasteiger partial charge on any atom is -0.411 e. The van der Waals surface area contributed by atoms with Gasteiger partial charge in [-0.25, -0.2) is 0 Å². The fourth-order valence-electron chi connectivity index (χ4n) is 3.58. The van der Waals surface area contributed by atoms with Gasteiger partial charge in [0.05, 0.1) is 22.5 Å². The molecule has 0 aromatic heterocycles. The lowest BCUT2D eigenvalue weighted by Gasteiger charge is -2.28. The predicted molar refractivity (Wildman–Crippen MR) is 139 cm³/mol. The maximum atomic E-state index is 12.3. The third-order valence-electron chi connectivity index (χ3n) is 6.82. The molecule has 1 heterocycles. The zero-order valence-corrected chi connectivity index (χ0v) is 22.1. The molecule has 1 aliphatic heterocycles. The van der Waals surface area contributed by atoms with Crippen molar-refractivity contribution in [3.8, 4) is 0 Å². The van der Waals surface area contributed by atoms with Gasteiger partial charge in [-0.3, -0.25) is 9.59 Å². The first-order chi connectivity index (χ1) is 16.3. The quantitative estimate of drug-likeness (QED) is 0.128. The van der Waals surface area contributed by atoms with Gasteiger partial charge in [0.25, 0.3) is 5.91 Å². The predicted octanol–water partition coefficient (Wildman–Crippen LogP) is 2.63. The Labute approximate surface area is 209 Å². The smallest absolute Gasteiger partial charge is 0.251 e. The van der Waals surface area contributed by atoms with Gasteiger partial charge in [-0.05, 0) is 85.9 Å². The Balaban J connectivity index is 2.56. The van der Waals surface area contributed by atoms with Crippen molar-refractivity contribution in [2.45, 2.75) is 78.3 Å². The number of hydrogen-bond acceptors (Lipinski definition) is 8. The van der Waals surface area contributed by atoms with E-state index in [9.17, 15) is 9.59 Å². The Bertz CT molecular complexity index is 778. The first-order valence-electron chi connectivity index (χ1n) is 12.2. The summed E-state index contributed by atoms with van der Waals surface area (Å²) >= 11 is 0. The number of hydrogen-bond donors (Lipinski definition) is 5. The Morgan fingerprint density at radius 1 is 0.971 bits per heavy atom. The molecule has 0 spiro atoms. The molecule has 10 nitrogen and oxygen atoms in total. The lowest BCUT2D eigenvalue weighted by molar-refractivity contribution is -0.124. The molecule has 0 aromatic carbocycles. The summed E-state index contributed by atoms with van der Waals surface area (Å²) in [4.78, 5) is 25.6. The molecular formula is C25H44N6O4. The lowest BCUT2D eigenvalue weighted by Crippen LogP contribution is -2.47. The highest BCUT2D eigenvalue weighted by atomic mass is 16.4. The maximum Gasteiger partial charge on any atom is 0.251 e. The van der Waals surface area contributed by atoms with Gasteiger partial charge in [-0.1, -0.05) is 16.9 Å². The molecule has 0 aliphatic carbocycles. The number of nitrogens with zero attached hydrogens (tertiary/aromatic N) is 3. The van der Waals surface area contributed by atoms with Crippen LogP contribution in [0.2, 0.25) is 0 Å². The Hall–Kier alpha value is -2.72. The number of carbonyl (C=O) groups excluding carboxylic acids is 2. The molecule has 35 heavy (non-hydrogen) atoms. The zero-order chi connectivity index (χ0) is 26.6. The average Bonchev–Trinajstić information content (AvgIpc) is 3.12. The second-order valence-corrected chi connectivity index (χ2v) is 10.1. The van der Waals surface area contributed by atoms with Gasteiger partial charge in [-0.15, -0.1) is 0 Å². The summed E-state index contributed by atoms with van der Waals surface area (Å²) in [5.41, 5.74) is 0.982. The fraction of sp³-hybridized carbons (Fsp3) is 0.680. The lowest BCUT2D eigenvalue weighted by atomic mass is 9.94. The molecule has 1 aliphatic rings. The van der Waals surface area contributed by atoms with Crippen LogP contribution in [0, 0.1) is 5.92 Å². The molecule has 2 amide bonds. The van der Waals surface area contributed by atoms with Crippen LogP contribution in [0.15, 0.2) is 34.7 Å². The van der Waals surface area contributed by atoms with Crippen molar-refractivity contribution in [3.63, 3.8) is 0 Å². The van der Waals surface area contributed by atoms with Crippen molar-refractivity contribution in [1.29, 1.82) is 0 Å². The van der Waals surface area contributed by atoms with Crippen LogP contribution in [0.25, 0.3) is 0 Å². The topological polar surface area (TPSA) is 139 Å². The van der Waals surface area contributed by atoms with Gasteiger partial charge in [0.2, 0.25) is 5.91 Å². The molecule has 10 heteroatoms. The molecular weight excluding hydrogens is 448 g/mol. The molecule has 0 unspecified atom stereocenters. The van der Waals surface area contributed by atoms with E-state index in [0.717, 1.165) is 32.4 Å². The number of nitrogens with one attached hydrogen (secondary N) is 3. The largest absolute Gasteiger partial charge is 0.411 e. The van der Waals surface area contributed by atoms with Gasteiger partial charge in [0.15, 0.2) is 0 Å². The molecule has 0 bridgehead atoms.